The first-order valence-electron chi connectivity index (χ1n) is 8.06. The van der Waals surface area contributed by atoms with Crippen LogP contribution in [0.25, 0.3) is 22.2 Å². The first kappa shape index (κ1) is 18.0. The van der Waals surface area contributed by atoms with E-state index in [0.717, 1.165) is 22.2 Å². The molecule has 0 saturated heterocycles. The molecule has 4 aromatic rings. The highest BCUT2D eigenvalue weighted by atomic mass is 35.5. The van der Waals surface area contributed by atoms with E-state index in [4.69, 9.17) is 11.6 Å². The fourth-order valence-electron chi connectivity index (χ4n) is 2.91. The summed E-state index contributed by atoms with van der Waals surface area (Å²) in [5.41, 5.74) is 3.25. The highest BCUT2D eigenvalue weighted by Crippen LogP contribution is 2.31. The Morgan fingerprint density at radius 2 is 1.93 bits per heavy atom. The molecule has 2 aromatic heterocycles. The van der Waals surface area contributed by atoms with E-state index in [1.165, 1.54) is 17.7 Å². The third-order valence-corrected chi connectivity index (χ3v) is 7.03. The number of thiazole rings is 1. The van der Waals surface area contributed by atoms with Crippen molar-refractivity contribution in [2.75, 3.05) is 0 Å². The molecular formula is C19H14ClN3O2S2. The standard InChI is InChI=1S/C19H14ClN3O2S2/c1-12-8-13(20)2-4-15(12)19-16-5-3-14(9-17(16)22-11-23-19)27(24,25)10-18-21-6-7-26-18/h2-9,11H,10H2,1H3. The van der Waals surface area contributed by atoms with E-state index < -0.39 is 9.84 Å². The number of halogens is 1. The van der Waals surface area contributed by atoms with Gasteiger partial charge in [-0.2, -0.15) is 0 Å². The summed E-state index contributed by atoms with van der Waals surface area (Å²) >= 11 is 7.37. The highest BCUT2D eigenvalue weighted by molar-refractivity contribution is 7.90. The summed E-state index contributed by atoms with van der Waals surface area (Å²) in [7, 11) is -3.50. The van der Waals surface area contributed by atoms with Crippen LogP contribution in [0.1, 0.15) is 10.6 Å². The van der Waals surface area contributed by atoms with Gasteiger partial charge in [0.05, 0.1) is 16.1 Å². The molecule has 0 saturated carbocycles. The number of sulfone groups is 1. The van der Waals surface area contributed by atoms with Crippen LogP contribution >= 0.6 is 22.9 Å². The smallest absolute Gasteiger partial charge is 0.184 e. The van der Waals surface area contributed by atoms with Crippen LogP contribution in [0.2, 0.25) is 5.02 Å². The van der Waals surface area contributed by atoms with Crippen LogP contribution in [0.15, 0.2) is 59.2 Å². The maximum Gasteiger partial charge on any atom is 0.184 e. The lowest BCUT2D eigenvalue weighted by Crippen LogP contribution is -2.05. The molecule has 0 bridgehead atoms. The van der Waals surface area contributed by atoms with Crippen LogP contribution in [-0.2, 0) is 15.6 Å². The van der Waals surface area contributed by atoms with Crippen molar-refractivity contribution in [3.8, 4) is 11.3 Å². The molecule has 0 atom stereocenters. The first-order valence-corrected chi connectivity index (χ1v) is 11.0. The minimum Gasteiger partial charge on any atom is -0.249 e. The lowest BCUT2D eigenvalue weighted by molar-refractivity contribution is 0.595. The van der Waals surface area contributed by atoms with Crippen molar-refractivity contribution in [1.82, 2.24) is 15.0 Å². The minimum atomic E-state index is -3.50. The van der Waals surface area contributed by atoms with Crippen molar-refractivity contribution in [2.45, 2.75) is 17.6 Å². The summed E-state index contributed by atoms with van der Waals surface area (Å²) in [6.07, 6.45) is 3.05. The Kier molecular flexibility index (Phi) is 4.67. The zero-order valence-electron chi connectivity index (χ0n) is 14.3. The zero-order chi connectivity index (χ0) is 19.0. The number of rotatable bonds is 4. The van der Waals surface area contributed by atoms with E-state index in [9.17, 15) is 8.42 Å². The zero-order valence-corrected chi connectivity index (χ0v) is 16.6. The molecule has 0 amide bonds. The van der Waals surface area contributed by atoms with E-state index in [1.54, 1.807) is 29.8 Å². The normalized spacial score (nSPS) is 11.8. The fraction of sp³-hybridized carbons (Fsp3) is 0.105. The van der Waals surface area contributed by atoms with Crippen LogP contribution < -0.4 is 0 Å². The summed E-state index contributed by atoms with van der Waals surface area (Å²) in [6, 6.07) is 10.5. The van der Waals surface area contributed by atoms with Gasteiger partial charge in [0, 0.05) is 27.5 Å². The van der Waals surface area contributed by atoms with Crippen molar-refractivity contribution >= 4 is 43.7 Å². The first-order chi connectivity index (χ1) is 12.9. The predicted molar refractivity (Wildman–Crippen MR) is 108 cm³/mol. The molecule has 4 rings (SSSR count). The Morgan fingerprint density at radius 1 is 1.07 bits per heavy atom. The molecule has 2 aromatic carbocycles. The average Bonchev–Trinajstić information content (AvgIpc) is 3.13. The number of fused-ring (bicyclic) bond motifs is 1. The Bertz CT molecular complexity index is 1240. The van der Waals surface area contributed by atoms with Crippen LogP contribution in [-0.4, -0.2) is 23.4 Å². The van der Waals surface area contributed by atoms with Gasteiger partial charge in [0.25, 0.3) is 0 Å². The summed E-state index contributed by atoms with van der Waals surface area (Å²) < 4.78 is 25.4. The molecule has 5 nitrogen and oxygen atoms in total. The van der Waals surface area contributed by atoms with Gasteiger partial charge in [-0.05, 0) is 42.8 Å². The van der Waals surface area contributed by atoms with Gasteiger partial charge in [-0.1, -0.05) is 17.7 Å². The summed E-state index contributed by atoms with van der Waals surface area (Å²) in [6.45, 7) is 1.96. The summed E-state index contributed by atoms with van der Waals surface area (Å²) in [5.74, 6) is -0.121. The second-order valence-electron chi connectivity index (χ2n) is 6.05. The maximum atomic E-state index is 12.7. The van der Waals surface area contributed by atoms with Gasteiger partial charge in [0.1, 0.15) is 17.1 Å². The molecule has 0 radical (unpaired) electrons. The van der Waals surface area contributed by atoms with Crippen molar-refractivity contribution in [3.05, 3.63) is 69.9 Å². The molecule has 0 unspecified atom stereocenters. The second-order valence-corrected chi connectivity index (χ2v) is 9.45. The Hall–Kier alpha value is -2.35. The van der Waals surface area contributed by atoms with Crippen molar-refractivity contribution < 1.29 is 8.42 Å². The van der Waals surface area contributed by atoms with Gasteiger partial charge >= 0.3 is 0 Å². The van der Waals surface area contributed by atoms with E-state index in [2.05, 4.69) is 15.0 Å². The van der Waals surface area contributed by atoms with Crippen LogP contribution in [0, 0.1) is 6.92 Å². The number of hydrogen-bond acceptors (Lipinski definition) is 6. The van der Waals surface area contributed by atoms with Gasteiger partial charge in [-0.15, -0.1) is 11.3 Å². The fourth-order valence-corrected chi connectivity index (χ4v) is 5.41. The molecule has 136 valence electrons. The lowest BCUT2D eigenvalue weighted by Gasteiger charge is -2.10. The summed E-state index contributed by atoms with van der Waals surface area (Å²) in [5, 5.41) is 3.77. The topological polar surface area (TPSA) is 72.8 Å². The molecule has 0 N–H and O–H groups in total. The third kappa shape index (κ3) is 3.58. The van der Waals surface area contributed by atoms with Crippen LogP contribution in [0.5, 0.6) is 0 Å². The molecule has 8 heteroatoms. The number of benzene rings is 2. The Balaban J connectivity index is 1.80. The number of hydrogen-bond donors (Lipinski definition) is 0. The molecule has 0 aliphatic heterocycles. The van der Waals surface area contributed by atoms with Gasteiger partial charge in [-0.3, -0.25) is 0 Å². The van der Waals surface area contributed by atoms with Gasteiger partial charge < -0.3 is 0 Å². The lowest BCUT2D eigenvalue weighted by atomic mass is 10.0. The van der Waals surface area contributed by atoms with Gasteiger partial charge in [-0.25, -0.2) is 23.4 Å². The molecule has 2 heterocycles. The predicted octanol–water partition coefficient (Wildman–Crippen LogP) is 4.69. The van der Waals surface area contributed by atoms with Crippen LogP contribution in [0.4, 0.5) is 0 Å². The van der Waals surface area contributed by atoms with E-state index in [1.807, 2.05) is 25.1 Å². The number of nitrogens with zero attached hydrogens (tertiary/aromatic N) is 3. The van der Waals surface area contributed by atoms with E-state index in [-0.39, 0.29) is 10.6 Å². The van der Waals surface area contributed by atoms with E-state index >= 15 is 0 Å². The monoisotopic (exact) mass is 415 g/mol. The molecule has 0 aliphatic carbocycles. The quantitative estimate of drug-likeness (QED) is 0.483. The largest absolute Gasteiger partial charge is 0.249 e. The van der Waals surface area contributed by atoms with E-state index in [0.29, 0.717) is 15.5 Å². The van der Waals surface area contributed by atoms with Gasteiger partial charge in [0.15, 0.2) is 9.84 Å². The Morgan fingerprint density at radius 3 is 2.67 bits per heavy atom. The number of aromatic nitrogens is 3. The third-order valence-electron chi connectivity index (χ3n) is 4.21. The molecule has 0 fully saturated rings. The minimum absolute atomic E-state index is 0.121. The second kappa shape index (κ2) is 6.99. The van der Waals surface area contributed by atoms with Crippen molar-refractivity contribution in [3.63, 3.8) is 0 Å². The molecule has 0 spiro atoms. The SMILES string of the molecule is Cc1cc(Cl)ccc1-c1ncnc2cc(S(=O)(=O)Cc3nccs3)ccc12. The Labute approximate surface area is 165 Å². The molecule has 27 heavy (non-hydrogen) atoms. The van der Waals surface area contributed by atoms with Crippen molar-refractivity contribution in [2.24, 2.45) is 0 Å². The maximum absolute atomic E-state index is 12.7. The van der Waals surface area contributed by atoms with Crippen LogP contribution in [0.3, 0.4) is 0 Å². The number of aryl methyl sites for hydroxylation is 1. The summed E-state index contributed by atoms with van der Waals surface area (Å²) in [4.78, 5) is 13.0. The van der Waals surface area contributed by atoms with Gasteiger partial charge in [0.2, 0.25) is 0 Å². The van der Waals surface area contributed by atoms with Crippen molar-refractivity contribution in [1.29, 1.82) is 0 Å². The molecule has 0 aliphatic rings. The molecular weight excluding hydrogens is 402 g/mol. The highest BCUT2D eigenvalue weighted by Gasteiger charge is 2.19. The average molecular weight is 416 g/mol.